The highest BCUT2D eigenvalue weighted by Gasteiger charge is 2.22. The Morgan fingerprint density at radius 1 is 1.40 bits per heavy atom. The molecule has 0 unspecified atom stereocenters. The molecule has 112 valence electrons. The minimum atomic E-state index is -3.76. The zero-order valence-corrected chi connectivity index (χ0v) is 12.0. The van der Waals surface area contributed by atoms with Crippen molar-refractivity contribution >= 4 is 10.0 Å². The normalized spacial score (nSPS) is 15.5. The van der Waals surface area contributed by atoms with E-state index in [9.17, 15) is 12.8 Å². The Morgan fingerprint density at radius 2 is 2.15 bits per heavy atom. The second kappa shape index (κ2) is 6.62. The van der Waals surface area contributed by atoms with E-state index in [-0.39, 0.29) is 23.5 Å². The number of hydrogen-bond acceptors (Lipinski definition) is 4. The first-order valence-electron chi connectivity index (χ1n) is 6.59. The molecule has 0 aromatic heterocycles. The molecule has 1 aromatic rings. The van der Waals surface area contributed by atoms with Crippen LogP contribution in [-0.4, -0.2) is 28.2 Å². The Labute approximate surface area is 118 Å². The highest BCUT2D eigenvalue weighted by atomic mass is 32.2. The molecule has 7 heteroatoms. The van der Waals surface area contributed by atoms with Crippen LogP contribution in [0.3, 0.4) is 0 Å². The molecule has 3 N–H and O–H groups in total. The Kier molecular flexibility index (Phi) is 5.09. The number of ether oxygens (including phenoxy) is 1. The number of halogens is 1. The zero-order chi connectivity index (χ0) is 14.6. The van der Waals surface area contributed by atoms with Crippen LogP contribution in [-0.2, 0) is 21.3 Å². The lowest BCUT2D eigenvalue weighted by molar-refractivity contribution is 0.129. The van der Waals surface area contributed by atoms with Gasteiger partial charge in [-0.25, -0.2) is 17.5 Å². The Bertz CT molecular complexity index is 559. The van der Waals surface area contributed by atoms with Crippen molar-refractivity contribution < 1.29 is 17.5 Å². The standard InChI is InChI=1S/C13H19FN2O3S/c14-12-2-1-3-13(11(12)8-15)20(17,18)16-6-7-19-9-10-4-5-10/h1-3,10,16H,4-9,15H2. The van der Waals surface area contributed by atoms with E-state index in [1.807, 2.05) is 0 Å². The second-order valence-electron chi connectivity index (χ2n) is 4.84. The fraction of sp³-hybridized carbons (Fsp3) is 0.538. The van der Waals surface area contributed by atoms with Crippen molar-refractivity contribution in [1.29, 1.82) is 0 Å². The van der Waals surface area contributed by atoms with Gasteiger partial charge < -0.3 is 10.5 Å². The maximum atomic E-state index is 13.5. The second-order valence-corrected chi connectivity index (χ2v) is 6.57. The van der Waals surface area contributed by atoms with Gasteiger partial charge in [-0.1, -0.05) is 6.07 Å². The molecule has 0 saturated heterocycles. The molecule has 0 amide bonds. The smallest absolute Gasteiger partial charge is 0.241 e. The molecule has 0 aliphatic heterocycles. The van der Waals surface area contributed by atoms with Gasteiger partial charge in [0, 0.05) is 25.3 Å². The van der Waals surface area contributed by atoms with E-state index in [4.69, 9.17) is 10.5 Å². The van der Waals surface area contributed by atoms with Gasteiger partial charge in [0.1, 0.15) is 5.82 Å². The zero-order valence-electron chi connectivity index (χ0n) is 11.1. The summed E-state index contributed by atoms with van der Waals surface area (Å²) in [7, 11) is -3.76. The minimum absolute atomic E-state index is 0.00102. The number of hydrogen-bond donors (Lipinski definition) is 2. The number of nitrogens with two attached hydrogens (primary N) is 1. The molecular weight excluding hydrogens is 283 g/mol. The summed E-state index contributed by atoms with van der Waals surface area (Å²) in [4.78, 5) is -0.109. The van der Waals surface area contributed by atoms with Gasteiger partial charge in [-0.3, -0.25) is 0 Å². The largest absolute Gasteiger partial charge is 0.380 e. The highest BCUT2D eigenvalue weighted by Crippen LogP contribution is 2.28. The average molecular weight is 302 g/mol. The van der Waals surface area contributed by atoms with Gasteiger partial charge >= 0.3 is 0 Å². The summed E-state index contributed by atoms with van der Waals surface area (Å²) in [6.45, 7) is 0.982. The van der Waals surface area contributed by atoms with E-state index in [1.165, 1.54) is 31.0 Å². The van der Waals surface area contributed by atoms with Crippen LogP contribution in [0.4, 0.5) is 4.39 Å². The molecular formula is C13H19FN2O3S. The van der Waals surface area contributed by atoms with E-state index < -0.39 is 15.8 Å². The molecule has 1 aliphatic carbocycles. The van der Waals surface area contributed by atoms with Crippen LogP contribution in [0.5, 0.6) is 0 Å². The van der Waals surface area contributed by atoms with Crippen molar-refractivity contribution in [1.82, 2.24) is 4.72 Å². The molecule has 0 radical (unpaired) electrons. The first-order valence-corrected chi connectivity index (χ1v) is 8.08. The first-order chi connectivity index (χ1) is 9.54. The molecule has 0 atom stereocenters. The minimum Gasteiger partial charge on any atom is -0.380 e. The lowest BCUT2D eigenvalue weighted by Gasteiger charge is -2.11. The summed E-state index contributed by atoms with van der Waals surface area (Å²) in [6.07, 6.45) is 2.38. The van der Waals surface area contributed by atoms with Crippen LogP contribution >= 0.6 is 0 Å². The Balaban J connectivity index is 1.93. The number of benzene rings is 1. The van der Waals surface area contributed by atoms with Gasteiger partial charge in [-0.15, -0.1) is 0 Å². The van der Waals surface area contributed by atoms with Crippen LogP contribution in [0.1, 0.15) is 18.4 Å². The van der Waals surface area contributed by atoms with Gasteiger partial charge in [0.25, 0.3) is 0 Å². The van der Waals surface area contributed by atoms with Crippen molar-refractivity contribution in [3.8, 4) is 0 Å². The van der Waals surface area contributed by atoms with E-state index in [1.54, 1.807) is 0 Å². The van der Waals surface area contributed by atoms with Crippen molar-refractivity contribution in [2.24, 2.45) is 11.7 Å². The summed E-state index contributed by atoms with van der Waals surface area (Å²) < 4.78 is 45.4. The summed E-state index contributed by atoms with van der Waals surface area (Å²) in [5.41, 5.74) is 5.41. The van der Waals surface area contributed by atoms with Crippen molar-refractivity contribution in [3.63, 3.8) is 0 Å². The summed E-state index contributed by atoms with van der Waals surface area (Å²) >= 11 is 0. The third kappa shape index (κ3) is 3.99. The predicted octanol–water partition coefficient (Wildman–Crippen LogP) is 0.989. The molecule has 1 aliphatic rings. The lowest BCUT2D eigenvalue weighted by Crippen LogP contribution is -2.29. The van der Waals surface area contributed by atoms with Crippen LogP contribution in [0.15, 0.2) is 23.1 Å². The molecule has 0 bridgehead atoms. The summed E-state index contributed by atoms with van der Waals surface area (Å²) in [5, 5.41) is 0. The van der Waals surface area contributed by atoms with E-state index in [0.717, 1.165) is 0 Å². The topological polar surface area (TPSA) is 81.4 Å². The summed E-state index contributed by atoms with van der Waals surface area (Å²) in [6, 6.07) is 3.89. The molecule has 0 heterocycles. The van der Waals surface area contributed by atoms with Gasteiger partial charge in [-0.05, 0) is 30.9 Å². The Hall–Kier alpha value is -1.02. The van der Waals surface area contributed by atoms with E-state index >= 15 is 0 Å². The van der Waals surface area contributed by atoms with Gasteiger partial charge in [0.15, 0.2) is 0 Å². The average Bonchev–Trinajstić information content (AvgIpc) is 3.22. The SMILES string of the molecule is NCc1c(F)cccc1S(=O)(=O)NCCOCC1CC1. The molecule has 1 fully saturated rings. The number of rotatable bonds is 8. The summed E-state index contributed by atoms with van der Waals surface area (Å²) in [5.74, 6) is 0.0269. The molecule has 0 spiro atoms. The van der Waals surface area contributed by atoms with Gasteiger partial charge in [-0.2, -0.15) is 0 Å². The van der Waals surface area contributed by atoms with Crippen molar-refractivity contribution in [2.45, 2.75) is 24.3 Å². The molecule has 5 nitrogen and oxygen atoms in total. The quantitative estimate of drug-likeness (QED) is 0.702. The Morgan fingerprint density at radius 3 is 2.80 bits per heavy atom. The molecule has 2 rings (SSSR count). The monoisotopic (exact) mass is 302 g/mol. The highest BCUT2D eigenvalue weighted by molar-refractivity contribution is 7.89. The fourth-order valence-electron chi connectivity index (χ4n) is 1.85. The predicted molar refractivity (Wildman–Crippen MR) is 73.0 cm³/mol. The molecule has 20 heavy (non-hydrogen) atoms. The third-order valence-electron chi connectivity index (χ3n) is 3.16. The third-order valence-corrected chi connectivity index (χ3v) is 4.70. The van der Waals surface area contributed by atoms with E-state index in [0.29, 0.717) is 19.1 Å². The van der Waals surface area contributed by atoms with Crippen LogP contribution in [0.25, 0.3) is 0 Å². The first kappa shape index (κ1) is 15.4. The maximum Gasteiger partial charge on any atom is 0.241 e. The lowest BCUT2D eigenvalue weighted by atomic mass is 10.2. The van der Waals surface area contributed by atoms with Gasteiger partial charge in [0.05, 0.1) is 11.5 Å². The van der Waals surface area contributed by atoms with E-state index in [2.05, 4.69) is 4.72 Å². The van der Waals surface area contributed by atoms with Crippen molar-refractivity contribution in [2.75, 3.05) is 19.8 Å². The number of nitrogens with one attached hydrogen (secondary N) is 1. The van der Waals surface area contributed by atoms with Crippen LogP contribution in [0.2, 0.25) is 0 Å². The van der Waals surface area contributed by atoms with Crippen molar-refractivity contribution in [3.05, 3.63) is 29.6 Å². The fourth-order valence-corrected chi connectivity index (χ4v) is 3.12. The molecule has 1 saturated carbocycles. The maximum absolute atomic E-state index is 13.5. The van der Waals surface area contributed by atoms with Gasteiger partial charge in [0.2, 0.25) is 10.0 Å². The van der Waals surface area contributed by atoms with Crippen LogP contribution in [0, 0.1) is 11.7 Å². The number of sulfonamides is 1. The van der Waals surface area contributed by atoms with Crippen LogP contribution < -0.4 is 10.5 Å². The molecule has 1 aromatic carbocycles.